The second kappa shape index (κ2) is 6.57. The largest absolute Gasteiger partial charge is 0.323 e. The molecule has 0 bridgehead atoms. The molecule has 6 nitrogen and oxygen atoms in total. The van der Waals surface area contributed by atoms with E-state index in [0.29, 0.717) is 18.7 Å². The van der Waals surface area contributed by atoms with E-state index in [1.807, 2.05) is 0 Å². The lowest BCUT2D eigenvalue weighted by atomic mass is 9.96. The van der Waals surface area contributed by atoms with E-state index in [0.717, 1.165) is 19.4 Å². The summed E-state index contributed by atoms with van der Waals surface area (Å²) < 4.78 is 26.7. The number of hydrogen-bond acceptors (Lipinski definition) is 4. The van der Waals surface area contributed by atoms with Crippen LogP contribution in [-0.2, 0) is 4.79 Å². The highest BCUT2D eigenvalue weighted by Crippen LogP contribution is 2.25. The van der Waals surface area contributed by atoms with Crippen LogP contribution in [-0.4, -0.2) is 23.9 Å². The first-order valence-electron chi connectivity index (χ1n) is 6.61. The van der Waals surface area contributed by atoms with Gasteiger partial charge in [-0.05, 0) is 31.8 Å². The fourth-order valence-electron chi connectivity index (χ4n) is 2.33. The quantitative estimate of drug-likeness (QED) is 0.659. The van der Waals surface area contributed by atoms with Crippen molar-refractivity contribution >= 4 is 17.3 Å². The van der Waals surface area contributed by atoms with Gasteiger partial charge in [-0.25, -0.2) is 4.39 Å². The maximum Gasteiger partial charge on any atom is 0.307 e. The Morgan fingerprint density at radius 1 is 1.43 bits per heavy atom. The normalized spacial score (nSPS) is 18.3. The van der Waals surface area contributed by atoms with Gasteiger partial charge in [-0.1, -0.05) is 0 Å². The number of carbonyl (C=O) groups excluding carboxylic acids is 1. The molecule has 0 saturated carbocycles. The highest BCUT2D eigenvalue weighted by Gasteiger charge is 2.21. The van der Waals surface area contributed by atoms with Gasteiger partial charge in [0.05, 0.1) is 10.6 Å². The number of nitro groups is 1. The lowest BCUT2D eigenvalue weighted by molar-refractivity contribution is -0.387. The summed E-state index contributed by atoms with van der Waals surface area (Å²) in [6, 6.07) is 1.09. The smallest absolute Gasteiger partial charge is 0.307 e. The van der Waals surface area contributed by atoms with E-state index in [4.69, 9.17) is 0 Å². The lowest BCUT2D eigenvalue weighted by Crippen LogP contribution is -2.32. The van der Waals surface area contributed by atoms with E-state index in [9.17, 15) is 23.7 Å². The predicted molar refractivity (Wildman–Crippen MR) is 71.9 cm³/mol. The molecule has 2 N–H and O–H groups in total. The molecular formula is C13H15F2N3O3. The van der Waals surface area contributed by atoms with Crippen molar-refractivity contribution in [1.29, 1.82) is 0 Å². The molecule has 2 rings (SSSR count). The van der Waals surface area contributed by atoms with Crippen LogP contribution in [0.25, 0.3) is 0 Å². The van der Waals surface area contributed by atoms with Gasteiger partial charge in [0.15, 0.2) is 0 Å². The Hall–Kier alpha value is -2.09. The minimum Gasteiger partial charge on any atom is -0.323 e. The van der Waals surface area contributed by atoms with Crippen LogP contribution in [0.3, 0.4) is 0 Å². The lowest BCUT2D eigenvalue weighted by Gasteiger charge is -2.22. The van der Waals surface area contributed by atoms with Crippen LogP contribution in [0.15, 0.2) is 12.1 Å². The SMILES string of the molecule is O=C(CC1CCCNC1)Nc1cc([N+](=O)[O-])c(F)cc1F. The number of halogens is 2. The highest BCUT2D eigenvalue weighted by molar-refractivity contribution is 5.91. The van der Waals surface area contributed by atoms with Crippen LogP contribution >= 0.6 is 0 Å². The summed E-state index contributed by atoms with van der Waals surface area (Å²) in [4.78, 5) is 21.5. The third kappa shape index (κ3) is 3.94. The molecule has 21 heavy (non-hydrogen) atoms. The van der Waals surface area contributed by atoms with Crippen molar-refractivity contribution in [3.05, 3.63) is 33.9 Å². The topological polar surface area (TPSA) is 84.3 Å². The van der Waals surface area contributed by atoms with Crippen LogP contribution < -0.4 is 10.6 Å². The maximum atomic E-state index is 13.5. The molecule has 1 aliphatic rings. The van der Waals surface area contributed by atoms with E-state index in [1.54, 1.807) is 0 Å². The van der Waals surface area contributed by atoms with Crippen molar-refractivity contribution in [3.63, 3.8) is 0 Å². The van der Waals surface area contributed by atoms with Crippen molar-refractivity contribution < 1.29 is 18.5 Å². The number of amides is 1. The molecule has 1 atom stereocenters. The molecule has 0 aliphatic carbocycles. The molecule has 1 saturated heterocycles. The molecular weight excluding hydrogens is 284 g/mol. The second-order valence-corrected chi connectivity index (χ2v) is 5.01. The zero-order valence-electron chi connectivity index (χ0n) is 11.2. The number of rotatable bonds is 4. The fraction of sp³-hybridized carbons (Fsp3) is 0.462. The number of benzene rings is 1. The molecule has 114 valence electrons. The van der Waals surface area contributed by atoms with Gasteiger partial charge in [0.1, 0.15) is 5.82 Å². The van der Waals surface area contributed by atoms with Gasteiger partial charge in [-0.2, -0.15) is 4.39 Å². The first kappa shape index (κ1) is 15.3. The molecule has 0 radical (unpaired) electrons. The van der Waals surface area contributed by atoms with E-state index < -0.39 is 28.2 Å². The zero-order chi connectivity index (χ0) is 15.4. The Morgan fingerprint density at radius 3 is 2.81 bits per heavy atom. The minimum absolute atomic E-state index is 0.150. The Labute approximate surface area is 119 Å². The number of nitrogens with one attached hydrogen (secondary N) is 2. The van der Waals surface area contributed by atoms with E-state index in [2.05, 4.69) is 10.6 Å². The zero-order valence-corrected chi connectivity index (χ0v) is 11.2. The minimum atomic E-state index is -1.27. The average molecular weight is 299 g/mol. The van der Waals surface area contributed by atoms with Gasteiger partial charge in [-0.15, -0.1) is 0 Å². The molecule has 1 unspecified atom stereocenters. The molecule has 0 aromatic heterocycles. The Kier molecular flexibility index (Phi) is 4.79. The van der Waals surface area contributed by atoms with Crippen LogP contribution in [0.1, 0.15) is 19.3 Å². The number of nitro benzene ring substituents is 1. The third-order valence-corrected chi connectivity index (χ3v) is 3.38. The van der Waals surface area contributed by atoms with Gasteiger partial charge in [0.2, 0.25) is 11.7 Å². The van der Waals surface area contributed by atoms with Crippen molar-refractivity contribution in [3.8, 4) is 0 Å². The molecule has 8 heteroatoms. The molecule has 1 aromatic carbocycles. The highest BCUT2D eigenvalue weighted by atomic mass is 19.1. The molecule has 0 spiro atoms. The predicted octanol–water partition coefficient (Wildman–Crippen LogP) is 2.20. The Morgan fingerprint density at radius 2 is 2.19 bits per heavy atom. The number of anilines is 1. The van der Waals surface area contributed by atoms with Crippen molar-refractivity contribution in [1.82, 2.24) is 5.32 Å². The summed E-state index contributed by atoms with van der Waals surface area (Å²) in [6.07, 6.45) is 2.05. The van der Waals surface area contributed by atoms with Crippen molar-refractivity contribution in [2.45, 2.75) is 19.3 Å². The van der Waals surface area contributed by atoms with Crippen molar-refractivity contribution in [2.75, 3.05) is 18.4 Å². The van der Waals surface area contributed by atoms with Gasteiger partial charge >= 0.3 is 5.69 Å². The standard InChI is InChI=1S/C13H15F2N3O3/c14-9-5-10(15)12(18(20)21)6-11(9)17-13(19)4-8-2-1-3-16-7-8/h5-6,8,16H,1-4,7H2,(H,17,19). The molecule has 1 aliphatic heterocycles. The van der Waals surface area contributed by atoms with Crippen LogP contribution in [0.4, 0.5) is 20.2 Å². The van der Waals surface area contributed by atoms with Crippen LogP contribution in [0.2, 0.25) is 0 Å². The monoisotopic (exact) mass is 299 g/mol. The number of piperidine rings is 1. The molecule has 1 fully saturated rings. The summed E-state index contributed by atoms with van der Waals surface area (Å²) in [6.45, 7) is 1.62. The second-order valence-electron chi connectivity index (χ2n) is 5.01. The van der Waals surface area contributed by atoms with Gasteiger partial charge < -0.3 is 10.6 Å². The van der Waals surface area contributed by atoms with Crippen LogP contribution in [0, 0.1) is 27.7 Å². The first-order chi connectivity index (χ1) is 9.97. The van der Waals surface area contributed by atoms with Crippen molar-refractivity contribution in [2.24, 2.45) is 5.92 Å². The summed E-state index contributed by atoms with van der Waals surface area (Å²) in [5, 5.41) is 16.0. The molecule has 1 aromatic rings. The average Bonchev–Trinajstić information content (AvgIpc) is 2.42. The van der Waals surface area contributed by atoms with Gasteiger partial charge in [0, 0.05) is 18.6 Å². The summed E-state index contributed by atoms with van der Waals surface area (Å²) >= 11 is 0. The Bertz CT molecular complexity index is 560. The fourth-order valence-corrected chi connectivity index (χ4v) is 2.33. The van der Waals surface area contributed by atoms with E-state index in [-0.39, 0.29) is 18.0 Å². The van der Waals surface area contributed by atoms with Gasteiger partial charge in [-0.3, -0.25) is 14.9 Å². The Balaban J connectivity index is 2.06. The van der Waals surface area contributed by atoms with E-state index >= 15 is 0 Å². The number of carbonyl (C=O) groups is 1. The van der Waals surface area contributed by atoms with Gasteiger partial charge in [0.25, 0.3) is 0 Å². The first-order valence-corrected chi connectivity index (χ1v) is 6.61. The number of hydrogen-bond donors (Lipinski definition) is 2. The van der Waals surface area contributed by atoms with Crippen LogP contribution in [0.5, 0.6) is 0 Å². The molecule has 1 amide bonds. The molecule has 1 heterocycles. The summed E-state index contributed by atoms with van der Waals surface area (Å²) in [5.41, 5.74) is -1.25. The summed E-state index contributed by atoms with van der Waals surface area (Å²) in [7, 11) is 0. The number of nitrogens with zero attached hydrogens (tertiary/aromatic N) is 1. The van der Waals surface area contributed by atoms with E-state index in [1.165, 1.54) is 0 Å². The summed E-state index contributed by atoms with van der Waals surface area (Å²) in [5.74, 6) is -2.60. The third-order valence-electron chi connectivity index (χ3n) is 3.38. The maximum absolute atomic E-state index is 13.5.